The van der Waals surface area contributed by atoms with Crippen LogP contribution < -0.4 is 0 Å². The molecular formula is C14H20O3S. The summed E-state index contributed by atoms with van der Waals surface area (Å²) in [6.45, 7) is 3.98. The number of benzene rings is 1. The Bertz CT molecular complexity index is 534. The van der Waals surface area contributed by atoms with Crippen molar-refractivity contribution in [1.82, 2.24) is 0 Å². The highest BCUT2D eigenvalue weighted by molar-refractivity contribution is 7.92. The molecule has 1 heterocycles. The second kappa shape index (κ2) is 5.02. The topological polar surface area (TPSA) is 54.4 Å². The molecule has 0 saturated carbocycles. The predicted octanol–water partition coefficient (Wildman–Crippen LogP) is 2.30. The van der Waals surface area contributed by atoms with Gasteiger partial charge in [0.1, 0.15) is 0 Å². The minimum atomic E-state index is -3.14. The van der Waals surface area contributed by atoms with Crippen LogP contribution in [0, 0.1) is 13.8 Å². The lowest BCUT2D eigenvalue weighted by Crippen LogP contribution is -2.33. The summed E-state index contributed by atoms with van der Waals surface area (Å²) in [5.74, 6) is 0.208. The normalized spacial score (nSPS) is 24.7. The van der Waals surface area contributed by atoms with Gasteiger partial charge in [0.2, 0.25) is 0 Å². The maximum atomic E-state index is 12.0. The van der Waals surface area contributed by atoms with E-state index in [9.17, 15) is 13.5 Å². The van der Waals surface area contributed by atoms with E-state index in [2.05, 4.69) is 0 Å². The van der Waals surface area contributed by atoms with E-state index in [1.807, 2.05) is 32.0 Å². The zero-order chi connectivity index (χ0) is 13.3. The SMILES string of the molecule is Cc1ccc(C(O)C2CCCCS2(=O)=O)cc1C. The zero-order valence-corrected chi connectivity index (χ0v) is 11.7. The number of aliphatic hydroxyl groups is 1. The lowest BCUT2D eigenvalue weighted by atomic mass is 9.98. The Hall–Kier alpha value is -0.870. The molecule has 1 fully saturated rings. The van der Waals surface area contributed by atoms with Gasteiger partial charge in [0.25, 0.3) is 0 Å². The third kappa shape index (κ3) is 2.59. The van der Waals surface area contributed by atoms with Crippen molar-refractivity contribution in [2.24, 2.45) is 0 Å². The first-order chi connectivity index (χ1) is 8.42. The number of sulfone groups is 1. The molecule has 0 spiro atoms. The van der Waals surface area contributed by atoms with Gasteiger partial charge in [-0.2, -0.15) is 0 Å². The molecule has 1 aromatic carbocycles. The summed E-state index contributed by atoms with van der Waals surface area (Å²) in [5, 5.41) is 9.69. The molecule has 1 aliphatic rings. The maximum Gasteiger partial charge on any atom is 0.156 e. The molecule has 2 rings (SSSR count). The van der Waals surface area contributed by atoms with Crippen LogP contribution in [-0.4, -0.2) is 24.5 Å². The van der Waals surface area contributed by atoms with Crippen LogP contribution in [-0.2, 0) is 9.84 Å². The molecule has 2 atom stereocenters. The predicted molar refractivity (Wildman–Crippen MR) is 72.3 cm³/mol. The molecule has 100 valence electrons. The largest absolute Gasteiger partial charge is 0.387 e. The van der Waals surface area contributed by atoms with Crippen molar-refractivity contribution in [3.05, 3.63) is 34.9 Å². The van der Waals surface area contributed by atoms with E-state index in [-0.39, 0.29) is 5.75 Å². The Kier molecular flexibility index (Phi) is 3.78. The van der Waals surface area contributed by atoms with Crippen LogP contribution in [0.15, 0.2) is 18.2 Å². The Labute approximate surface area is 109 Å². The summed E-state index contributed by atoms with van der Waals surface area (Å²) < 4.78 is 24.0. The van der Waals surface area contributed by atoms with Gasteiger partial charge in [0, 0.05) is 0 Å². The van der Waals surface area contributed by atoms with Gasteiger partial charge in [-0.1, -0.05) is 24.6 Å². The molecule has 1 aromatic rings. The average Bonchev–Trinajstić information content (AvgIpc) is 2.31. The summed E-state index contributed by atoms with van der Waals surface area (Å²) in [5.41, 5.74) is 2.95. The third-order valence-corrected chi connectivity index (χ3v) is 6.13. The second-order valence-electron chi connectivity index (χ2n) is 5.19. The van der Waals surface area contributed by atoms with E-state index in [0.29, 0.717) is 12.0 Å². The monoisotopic (exact) mass is 268 g/mol. The minimum Gasteiger partial charge on any atom is -0.387 e. The van der Waals surface area contributed by atoms with Crippen molar-refractivity contribution >= 4 is 9.84 Å². The van der Waals surface area contributed by atoms with Crippen molar-refractivity contribution < 1.29 is 13.5 Å². The fraction of sp³-hybridized carbons (Fsp3) is 0.571. The van der Waals surface area contributed by atoms with Crippen molar-refractivity contribution in [1.29, 1.82) is 0 Å². The first-order valence-electron chi connectivity index (χ1n) is 6.38. The number of aliphatic hydroxyl groups excluding tert-OH is 1. The molecule has 0 aromatic heterocycles. The van der Waals surface area contributed by atoms with Crippen molar-refractivity contribution in [3.63, 3.8) is 0 Å². The lowest BCUT2D eigenvalue weighted by molar-refractivity contribution is 0.164. The van der Waals surface area contributed by atoms with Gasteiger partial charge < -0.3 is 5.11 Å². The standard InChI is InChI=1S/C14H20O3S/c1-10-6-7-12(9-11(10)2)14(15)13-5-3-4-8-18(13,16)17/h6-7,9,13-15H,3-5,8H2,1-2H3. The van der Waals surface area contributed by atoms with Crippen LogP contribution in [0.1, 0.15) is 42.1 Å². The second-order valence-corrected chi connectivity index (χ2v) is 7.53. The molecular weight excluding hydrogens is 248 g/mol. The van der Waals surface area contributed by atoms with Crippen molar-refractivity contribution in [2.75, 3.05) is 5.75 Å². The van der Waals surface area contributed by atoms with E-state index in [1.54, 1.807) is 0 Å². The van der Waals surface area contributed by atoms with E-state index in [1.165, 1.54) is 0 Å². The summed E-state index contributed by atoms with van der Waals surface area (Å²) in [6.07, 6.45) is 1.27. The molecule has 1 saturated heterocycles. The van der Waals surface area contributed by atoms with Crippen LogP contribution in [0.25, 0.3) is 0 Å². The Morgan fingerprint density at radius 1 is 1.22 bits per heavy atom. The molecule has 0 aliphatic carbocycles. The van der Waals surface area contributed by atoms with E-state index < -0.39 is 21.2 Å². The molecule has 2 unspecified atom stereocenters. The summed E-state index contributed by atoms with van der Waals surface area (Å²) in [7, 11) is -3.14. The number of hydrogen-bond donors (Lipinski definition) is 1. The first-order valence-corrected chi connectivity index (χ1v) is 8.10. The van der Waals surface area contributed by atoms with Gasteiger partial charge in [-0.05, 0) is 43.4 Å². The Morgan fingerprint density at radius 2 is 1.94 bits per heavy atom. The highest BCUT2D eigenvalue weighted by Crippen LogP contribution is 2.31. The maximum absolute atomic E-state index is 12.0. The van der Waals surface area contributed by atoms with Gasteiger partial charge in [-0.3, -0.25) is 0 Å². The minimum absolute atomic E-state index is 0.208. The molecule has 0 amide bonds. The van der Waals surface area contributed by atoms with Crippen LogP contribution in [0.5, 0.6) is 0 Å². The number of aryl methyl sites for hydroxylation is 2. The van der Waals surface area contributed by atoms with E-state index in [0.717, 1.165) is 24.0 Å². The smallest absolute Gasteiger partial charge is 0.156 e. The van der Waals surface area contributed by atoms with Crippen molar-refractivity contribution in [2.45, 2.75) is 44.5 Å². The van der Waals surface area contributed by atoms with Gasteiger partial charge in [0.15, 0.2) is 9.84 Å². The Balaban J connectivity index is 2.30. The van der Waals surface area contributed by atoms with Crippen molar-refractivity contribution in [3.8, 4) is 0 Å². The van der Waals surface area contributed by atoms with Gasteiger partial charge in [-0.15, -0.1) is 0 Å². The number of hydrogen-bond acceptors (Lipinski definition) is 3. The summed E-state index contributed by atoms with van der Waals surface area (Å²) in [6, 6.07) is 5.66. The summed E-state index contributed by atoms with van der Waals surface area (Å²) in [4.78, 5) is 0. The van der Waals surface area contributed by atoms with E-state index in [4.69, 9.17) is 0 Å². The molecule has 0 radical (unpaired) electrons. The van der Waals surface area contributed by atoms with Crippen LogP contribution >= 0.6 is 0 Å². The molecule has 1 N–H and O–H groups in total. The first kappa shape index (κ1) is 13.6. The van der Waals surface area contributed by atoms with Gasteiger partial charge in [0.05, 0.1) is 17.1 Å². The van der Waals surface area contributed by atoms with Gasteiger partial charge >= 0.3 is 0 Å². The quantitative estimate of drug-likeness (QED) is 0.895. The molecule has 0 bridgehead atoms. The molecule has 18 heavy (non-hydrogen) atoms. The highest BCUT2D eigenvalue weighted by Gasteiger charge is 2.35. The third-order valence-electron chi connectivity index (χ3n) is 3.85. The van der Waals surface area contributed by atoms with Crippen LogP contribution in [0.4, 0.5) is 0 Å². The number of rotatable bonds is 2. The fourth-order valence-electron chi connectivity index (χ4n) is 2.50. The molecule has 3 nitrogen and oxygen atoms in total. The van der Waals surface area contributed by atoms with E-state index >= 15 is 0 Å². The van der Waals surface area contributed by atoms with Crippen LogP contribution in [0.2, 0.25) is 0 Å². The fourth-order valence-corrected chi connectivity index (χ4v) is 4.48. The Morgan fingerprint density at radius 3 is 2.56 bits per heavy atom. The summed E-state index contributed by atoms with van der Waals surface area (Å²) >= 11 is 0. The average molecular weight is 268 g/mol. The van der Waals surface area contributed by atoms with Crippen LogP contribution in [0.3, 0.4) is 0 Å². The molecule has 4 heteroatoms. The lowest BCUT2D eigenvalue weighted by Gasteiger charge is -2.27. The van der Waals surface area contributed by atoms with Gasteiger partial charge in [-0.25, -0.2) is 8.42 Å². The zero-order valence-electron chi connectivity index (χ0n) is 10.9. The highest BCUT2D eigenvalue weighted by atomic mass is 32.2. The molecule has 1 aliphatic heterocycles.